The third-order valence-corrected chi connectivity index (χ3v) is 5.84. The van der Waals surface area contributed by atoms with E-state index in [1.165, 1.54) is 7.11 Å². The molecular weight excluding hydrogens is 436 g/mol. The largest absolute Gasteiger partial charge is 0.480 e. The molecule has 0 unspecified atom stereocenters. The number of rotatable bonds is 5. The van der Waals surface area contributed by atoms with Crippen molar-refractivity contribution in [1.82, 2.24) is 15.2 Å². The van der Waals surface area contributed by atoms with Crippen LogP contribution in [-0.4, -0.2) is 47.0 Å². The Morgan fingerprint density at radius 1 is 0.912 bits per heavy atom. The van der Waals surface area contributed by atoms with E-state index >= 15 is 0 Å². The fraction of sp³-hybridized carbons (Fsp3) is 0.231. The lowest BCUT2D eigenvalue weighted by Gasteiger charge is -2.32. The molecule has 0 amide bonds. The van der Waals surface area contributed by atoms with Crippen molar-refractivity contribution >= 4 is 28.3 Å². The first-order valence-electron chi connectivity index (χ1n) is 11.1. The first kappa shape index (κ1) is 21.9. The van der Waals surface area contributed by atoms with Crippen LogP contribution in [0.2, 0.25) is 0 Å². The van der Waals surface area contributed by atoms with Gasteiger partial charge in [0.25, 0.3) is 5.92 Å². The molecule has 2 aromatic carbocycles. The minimum Gasteiger partial charge on any atom is -0.480 e. The molecule has 1 saturated heterocycles. The normalized spacial score (nSPS) is 15.2. The van der Waals surface area contributed by atoms with Gasteiger partial charge in [-0.15, -0.1) is 10.2 Å². The average molecular weight is 460 g/mol. The number of aromatic nitrogens is 3. The summed E-state index contributed by atoms with van der Waals surface area (Å²) in [5.74, 6) is -1.35. The highest BCUT2D eigenvalue weighted by molar-refractivity contribution is 6.14. The highest BCUT2D eigenvalue weighted by atomic mass is 19.3. The smallest absolute Gasteiger partial charge is 0.251 e. The third kappa shape index (κ3) is 4.57. The Balaban J connectivity index is 1.67. The highest BCUT2D eigenvalue weighted by Crippen LogP contribution is 2.34. The number of methoxy groups -OCH3 is 1. The van der Waals surface area contributed by atoms with Crippen LogP contribution in [0.25, 0.3) is 10.9 Å². The Hall–Kier alpha value is -3.94. The van der Waals surface area contributed by atoms with Crippen LogP contribution < -0.4 is 9.64 Å². The summed E-state index contributed by atoms with van der Waals surface area (Å²) in [6.07, 6.45) is -0.459. The molecule has 5 rings (SSSR count). The number of alkyl halides is 2. The molecule has 34 heavy (non-hydrogen) atoms. The van der Waals surface area contributed by atoms with E-state index in [0.717, 1.165) is 22.2 Å². The first-order chi connectivity index (χ1) is 16.5. The Bertz CT molecular complexity index is 1280. The standard InChI is InChI=1S/C26H23F2N5O/c1-34-22-17-20-16-21(29-23(18-8-4-2-5-9-18)19-10-6-3-7-11-19)30-25(24(20)32-31-22)33-14-12-26(27,28)13-15-33/h2-11,16-17H,12-15H2,1H3. The summed E-state index contributed by atoms with van der Waals surface area (Å²) in [7, 11) is 1.52. The molecule has 1 fully saturated rings. The van der Waals surface area contributed by atoms with Crippen molar-refractivity contribution in [2.75, 3.05) is 25.1 Å². The van der Waals surface area contributed by atoms with E-state index in [4.69, 9.17) is 14.7 Å². The van der Waals surface area contributed by atoms with Crippen LogP contribution in [0.1, 0.15) is 24.0 Å². The van der Waals surface area contributed by atoms with E-state index in [0.29, 0.717) is 23.0 Å². The maximum absolute atomic E-state index is 13.8. The predicted octanol–water partition coefficient (Wildman–Crippen LogP) is 5.44. The summed E-state index contributed by atoms with van der Waals surface area (Å²) < 4.78 is 32.9. The number of aliphatic imine (C=N–C) groups is 1. The summed E-state index contributed by atoms with van der Waals surface area (Å²) in [5.41, 5.74) is 3.18. The number of ether oxygens (including phenoxy) is 1. The van der Waals surface area contributed by atoms with Gasteiger partial charge < -0.3 is 9.64 Å². The van der Waals surface area contributed by atoms with Gasteiger partial charge in [-0.2, -0.15) is 0 Å². The molecule has 1 aliphatic heterocycles. The molecule has 6 nitrogen and oxygen atoms in total. The number of nitrogens with zero attached hydrogens (tertiary/aromatic N) is 5. The van der Waals surface area contributed by atoms with Crippen LogP contribution in [0.4, 0.5) is 20.4 Å². The Labute approximate surface area is 196 Å². The van der Waals surface area contributed by atoms with Crippen LogP contribution >= 0.6 is 0 Å². The van der Waals surface area contributed by atoms with E-state index in [-0.39, 0.29) is 25.9 Å². The second kappa shape index (κ2) is 9.13. The van der Waals surface area contributed by atoms with Gasteiger partial charge in [0.15, 0.2) is 11.6 Å². The van der Waals surface area contributed by atoms with Crippen molar-refractivity contribution < 1.29 is 13.5 Å². The molecule has 0 radical (unpaired) electrons. The van der Waals surface area contributed by atoms with E-state index in [1.807, 2.05) is 71.6 Å². The van der Waals surface area contributed by atoms with Gasteiger partial charge in [0, 0.05) is 48.5 Å². The van der Waals surface area contributed by atoms with Crippen molar-refractivity contribution in [2.24, 2.45) is 4.99 Å². The molecule has 4 aromatic rings. The molecular formula is C26H23F2N5O. The molecule has 0 atom stereocenters. The molecule has 8 heteroatoms. The lowest BCUT2D eigenvalue weighted by Crippen LogP contribution is -2.39. The van der Waals surface area contributed by atoms with Crippen molar-refractivity contribution in [2.45, 2.75) is 18.8 Å². The summed E-state index contributed by atoms with van der Waals surface area (Å²) >= 11 is 0. The van der Waals surface area contributed by atoms with Crippen LogP contribution in [0.3, 0.4) is 0 Å². The quantitative estimate of drug-likeness (QED) is 0.372. The van der Waals surface area contributed by atoms with Crippen molar-refractivity contribution in [3.05, 3.63) is 83.9 Å². The number of anilines is 1. The number of piperidine rings is 1. The number of hydrogen-bond acceptors (Lipinski definition) is 6. The summed E-state index contributed by atoms with van der Waals surface area (Å²) in [6.45, 7) is 0.362. The van der Waals surface area contributed by atoms with Gasteiger partial charge in [0.05, 0.1) is 12.8 Å². The van der Waals surface area contributed by atoms with Gasteiger partial charge >= 0.3 is 0 Å². The maximum atomic E-state index is 13.8. The van der Waals surface area contributed by atoms with Crippen LogP contribution in [-0.2, 0) is 0 Å². The van der Waals surface area contributed by atoms with E-state index in [9.17, 15) is 8.78 Å². The second-order valence-electron chi connectivity index (χ2n) is 8.16. The maximum Gasteiger partial charge on any atom is 0.251 e. The lowest BCUT2D eigenvalue weighted by atomic mass is 10.0. The Morgan fingerprint density at radius 3 is 2.12 bits per heavy atom. The molecule has 3 heterocycles. The summed E-state index contributed by atoms with van der Waals surface area (Å²) in [4.78, 5) is 11.5. The van der Waals surface area contributed by atoms with E-state index in [1.54, 1.807) is 6.07 Å². The van der Waals surface area contributed by atoms with Crippen LogP contribution in [0.15, 0.2) is 77.8 Å². The lowest BCUT2D eigenvalue weighted by molar-refractivity contribution is -0.0221. The Kier molecular flexibility index (Phi) is 5.88. The predicted molar refractivity (Wildman–Crippen MR) is 128 cm³/mol. The van der Waals surface area contributed by atoms with Gasteiger partial charge in [0.2, 0.25) is 5.88 Å². The zero-order valence-corrected chi connectivity index (χ0v) is 18.7. The van der Waals surface area contributed by atoms with Gasteiger partial charge in [0.1, 0.15) is 5.52 Å². The van der Waals surface area contributed by atoms with E-state index < -0.39 is 5.92 Å². The first-order valence-corrected chi connectivity index (χ1v) is 11.1. The van der Waals surface area contributed by atoms with Gasteiger partial charge in [-0.3, -0.25) is 0 Å². The topological polar surface area (TPSA) is 63.5 Å². The zero-order chi connectivity index (χ0) is 23.5. The SMILES string of the molecule is COc1cc2cc(N=C(c3ccccc3)c3ccccc3)nc(N3CCC(F)(F)CC3)c2nn1. The van der Waals surface area contributed by atoms with E-state index in [2.05, 4.69) is 10.2 Å². The number of hydrogen-bond donors (Lipinski definition) is 0. The van der Waals surface area contributed by atoms with Crippen molar-refractivity contribution in [1.29, 1.82) is 0 Å². The number of pyridine rings is 1. The monoisotopic (exact) mass is 459 g/mol. The van der Waals surface area contributed by atoms with Gasteiger partial charge in [-0.1, -0.05) is 60.7 Å². The van der Waals surface area contributed by atoms with Crippen molar-refractivity contribution in [3.63, 3.8) is 0 Å². The third-order valence-electron chi connectivity index (χ3n) is 5.84. The average Bonchev–Trinajstić information content (AvgIpc) is 2.87. The number of halogens is 2. The molecule has 2 aromatic heterocycles. The van der Waals surface area contributed by atoms with Crippen molar-refractivity contribution in [3.8, 4) is 5.88 Å². The van der Waals surface area contributed by atoms with Gasteiger partial charge in [-0.05, 0) is 6.07 Å². The molecule has 0 N–H and O–H groups in total. The molecule has 1 aliphatic rings. The second-order valence-corrected chi connectivity index (χ2v) is 8.16. The molecule has 0 spiro atoms. The van der Waals surface area contributed by atoms with Crippen LogP contribution in [0.5, 0.6) is 5.88 Å². The number of fused-ring (bicyclic) bond motifs is 1. The fourth-order valence-electron chi connectivity index (χ4n) is 4.03. The number of benzene rings is 2. The molecule has 0 aliphatic carbocycles. The molecule has 172 valence electrons. The summed E-state index contributed by atoms with van der Waals surface area (Å²) in [5, 5.41) is 9.09. The minimum absolute atomic E-state index is 0.181. The fourth-order valence-corrected chi connectivity index (χ4v) is 4.03. The highest BCUT2D eigenvalue weighted by Gasteiger charge is 2.35. The zero-order valence-electron chi connectivity index (χ0n) is 18.7. The van der Waals surface area contributed by atoms with Crippen LogP contribution in [0, 0.1) is 0 Å². The minimum atomic E-state index is -2.66. The molecule has 0 bridgehead atoms. The van der Waals surface area contributed by atoms with Gasteiger partial charge in [-0.25, -0.2) is 18.8 Å². The summed E-state index contributed by atoms with van der Waals surface area (Å²) in [6, 6.07) is 23.3. The molecule has 0 saturated carbocycles. The Morgan fingerprint density at radius 2 is 1.53 bits per heavy atom.